The van der Waals surface area contributed by atoms with E-state index in [1.54, 1.807) is 20.8 Å². The van der Waals surface area contributed by atoms with Gasteiger partial charge in [-0.3, -0.25) is 14.4 Å². The highest BCUT2D eigenvalue weighted by molar-refractivity contribution is 7.03. The van der Waals surface area contributed by atoms with Crippen molar-refractivity contribution in [3.05, 3.63) is 11.1 Å². The highest BCUT2D eigenvalue weighted by Gasteiger charge is 2.66. The van der Waals surface area contributed by atoms with Gasteiger partial charge in [0.15, 0.2) is 5.41 Å². The smallest absolute Gasteiger partial charge is 0.328 e. The van der Waals surface area contributed by atoms with Crippen molar-refractivity contribution in [3.63, 3.8) is 0 Å². The quantitative estimate of drug-likeness (QED) is 0.579. The van der Waals surface area contributed by atoms with E-state index in [4.69, 9.17) is 14.2 Å². The van der Waals surface area contributed by atoms with Gasteiger partial charge in [0.1, 0.15) is 5.92 Å². The Hall–Kier alpha value is -2.03. The molecule has 0 N–H and O–H groups in total. The summed E-state index contributed by atoms with van der Waals surface area (Å²) in [7, 11) is 0. The molecule has 2 heterocycles. The predicted molar refractivity (Wildman–Crippen MR) is 82.8 cm³/mol. The van der Waals surface area contributed by atoms with E-state index in [0.29, 0.717) is 0 Å². The van der Waals surface area contributed by atoms with Gasteiger partial charge in [-0.05, 0) is 24.4 Å². The zero-order valence-electron chi connectivity index (χ0n) is 14.2. The number of rotatable bonds is 5. The molecule has 9 heteroatoms. The Morgan fingerprint density at radius 3 is 2.29 bits per heavy atom. The van der Waals surface area contributed by atoms with Crippen molar-refractivity contribution in [2.45, 2.75) is 46.3 Å². The number of hydrogen-bond donors (Lipinski definition) is 0. The Bertz CT molecular complexity index is 620. The molecule has 0 aliphatic carbocycles. The zero-order valence-corrected chi connectivity index (χ0v) is 15.0. The summed E-state index contributed by atoms with van der Waals surface area (Å²) in [6.45, 7) is 7.93. The van der Waals surface area contributed by atoms with E-state index in [0.717, 1.165) is 11.5 Å². The van der Waals surface area contributed by atoms with Crippen LogP contribution in [-0.4, -0.2) is 39.9 Å². The molecule has 1 fully saturated rings. The summed E-state index contributed by atoms with van der Waals surface area (Å²) in [5, 5.41) is 5.39. The predicted octanol–water partition coefficient (Wildman–Crippen LogP) is 1.66. The molecule has 0 spiro atoms. The molecule has 0 amide bonds. The third kappa shape index (κ3) is 2.88. The van der Waals surface area contributed by atoms with Gasteiger partial charge in [-0.15, -0.1) is 5.10 Å². The second-order valence-corrected chi connectivity index (χ2v) is 6.83. The summed E-state index contributed by atoms with van der Waals surface area (Å²) >= 11 is 1.01. The number of carbonyl (C=O) groups is 3. The van der Waals surface area contributed by atoms with Crippen molar-refractivity contribution in [2.75, 3.05) is 6.61 Å². The normalized spacial score (nSPS) is 20.2. The molecule has 2 rings (SSSR count). The highest BCUT2D eigenvalue weighted by atomic mass is 32.1. The number of nitrogens with zero attached hydrogens (tertiary/aromatic N) is 2. The molecule has 8 nitrogen and oxygen atoms in total. The standard InChI is InChI=1S/C15H20N2O6S/c1-6-21-11(18)10(9-7-24-17-16-9)15(8(2)3)12(19)22-14(4,5)23-13(15)20/h7-8,10H,6H2,1-5H3. The van der Waals surface area contributed by atoms with Crippen LogP contribution in [0.25, 0.3) is 0 Å². The summed E-state index contributed by atoms with van der Waals surface area (Å²) < 4.78 is 19.4. The van der Waals surface area contributed by atoms with Crippen LogP contribution in [0, 0.1) is 11.3 Å². The van der Waals surface area contributed by atoms with Crippen molar-refractivity contribution < 1.29 is 28.6 Å². The first-order chi connectivity index (χ1) is 11.2. The van der Waals surface area contributed by atoms with Gasteiger partial charge in [-0.1, -0.05) is 18.3 Å². The summed E-state index contributed by atoms with van der Waals surface area (Å²) in [6, 6.07) is 0. The van der Waals surface area contributed by atoms with Crippen LogP contribution in [0.2, 0.25) is 0 Å². The van der Waals surface area contributed by atoms with Crippen LogP contribution in [0.15, 0.2) is 5.38 Å². The Morgan fingerprint density at radius 2 is 1.88 bits per heavy atom. The molecule has 0 bridgehead atoms. The maximum Gasteiger partial charge on any atom is 0.328 e. The molecular weight excluding hydrogens is 336 g/mol. The van der Waals surface area contributed by atoms with Gasteiger partial charge in [0.05, 0.1) is 12.3 Å². The van der Waals surface area contributed by atoms with Crippen molar-refractivity contribution in [1.29, 1.82) is 0 Å². The largest absolute Gasteiger partial charge is 0.465 e. The molecule has 0 aromatic carbocycles. The molecule has 0 radical (unpaired) electrons. The fourth-order valence-electron chi connectivity index (χ4n) is 2.82. The molecule has 1 unspecified atom stereocenters. The Morgan fingerprint density at radius 1 is 1.29 bits per heavy atom. The number of cyclic esters (lactones) is 2. The van der Waals surface area contributed by atoms with E-state index in [-0.39, 0.29) is 12.3 Å². The lowest BCUT2D eigenvalue weighted by atomic mass is 9.65. The average Bonchev–Trinajstić information content (AvgIpc) is 2.94. The first-order valence-corrected chi connectivity index (χ1v) is 8.41. The molecular formula is C15H20N2O6S. The number of esters is 3. The summed E-state index contributed by atoms with van der Waals surface area (Å²) in [4.78, 5) is 38.3. The van der Waals surface area contributed by atoms with Crippen LogP contribution in [0.5, 0.6) is 0 Å². The molecule has 132 valence electrons. The van der Waals surface area contributed by atoms with Crippen LogP contribution < -0.4 is 0 Å². The van der Waals surface area contributed by atoms with Gasteiger partial charge in [-0.25, -0.2) is 0 Å². The monoisotopic (exact) mass is 356 g/mol. The van der Waals surface area contributed by atoms with Crippen LogP contribution >= 0.6 is 11.5 Å². The minimum Gasteiger partial charge on any atom is -0.465 e. The minimum atomic E-state index is -1.88. The van der Waals surface area contributed by atoms with E-state index in [9.17, 15) is 14.4 Å². The summed E-state index contributed by atoms with van der Waals surface area (Å²) in [5.41, 5.74) is -1.70. The molecule has 1 saturated heterocycles. The zero-order chi connectivity index (χ0) is 18.1. The first kappa shape index (κ1) is 18.3. The summed E-state index contributed by atoms with van der Waals surface area (Å²) in [5.74, 6) is -5.68. The molecule has 1 aromatic rings. The van der Waals surface area contributed by atoms with Gasteiger partial charge in [0, 0.05) is 19.2 Å². The molecule has 1 aromatic heterocycles. The first-order valence-electron chi connectivity index (χ1n) is 7.57. The molecule has 0 saturated carbocycles. The molecule has 1 aliphatic heterocycles. The molecule has 1 aliphatic rings. The third-order valence-corrected chi connectivity index (χ3v) is 4.44. The lowest BCUT2D eigenvalue weighted by Crippen LogP contribution is -2.60. The van der Waals surface area contributed by atoms with Crippen LogP contribution in [0.1, 0.15) is 46.2 Å². The SMILES string of the molecule is CCOC(=O)C(c1csnn1)C1(C(C)C)C(=O)OC(C)(C)OC1=O. The highest BCUT2D eigenvalue weighted by Crippen LogP contribution is 2.48. The number of carbonyl (C=O) groups excluding carboxylic acids is 3. The Kier molecular flexibility index (Phi) is 4.93. The van der Waals surface area contributed by atoms with Gasteiger partial charge < -0.3 is 14.2 Å². The van der Waals surface area contributed by atoms with Crippen LogP contribution in [0.3, 0.4) is 0 Å². The fourth-order valence-corrected chi connectivity index (χ4v) is 3.30. The van der Waals surface area contributed by atoms with E-state index in [2.05, 4.69) is 9.59 Å². The van der Waals surface area contributed by atoms with Crippen molar-refractivity contribution >= 4 is 29.4 Å². The minimum absolute atomic E-state index is 0.0939. The maximum absolute atomic E-state index is 12.9. The van der Waals surface area contributed by atoms with Gasteiger partial charge in [0.2, 0.25) is 0 Å². The average molecular weight is 356 g/mol. The lowest BCUT2D eigenvalue weighted by molar-refractivity contribution is -0.257. The topological polar surface area (TPSA) is 105 Å². The van der Waals surface area contributed by atoms with Gasteiger partial charge in [0.25, 0.3) is 5.79 Å². The summed E-state index contributed by atoms with van der Waals surface area (Å²) in [6.07, 6.45) is 0. The van der Waals surface area contributed by atoms with E-state index >= 15 is 0 Å². The van der Waals surface area contributed by atoms with E-state index < -0.39 is 40.9 Å². The number of hydrogen-bond acceptors (Lipinski definition) is 9. The van der Waals surface area contributed by atoms with Crippen LogP contribution in [-0.2, 0) is 28.6 Å². The third-order valence-electron chi connectivity index (χ3n) is 3.91. The van der Waals surface area contributed by atoms with Crippen molar-refractivity contribution in [2.24, 2.45) is 11.3 Å². The van der Waals surface area contributed by atoms with E-state index in [1.807, 2.05) is 0 Å². The molecule has 1 atom stereocenters. The fraction of sp³-hybridized carbons (Fsp3) is 0.667. The van der Waals surface area contributed by atoms with Crippen molar-refractivity contribution in [1.82, 2.24) is 9.59 Å². The maximum atomic E-state index is 12.9. The second-order valence-electron chi connectivity index (χ2n) is 6.22. The van der Waals surface area contributed by atoms with E-state index in [1.165, 1.54) is 19.2 Å². The molecule has 24 heavy (non-hydrogen) atoms. The second kappa shape index (κ2) is 6.46. The number of ether oxygens (including phenoxy) is 3. The van der Waals surface area contributed by atoms with Gasteiger partial charge in [-0.2, -0.15) is 0 Å². The Balaban J connectivity index is 2.63. The number of aromatic nitrogens is 2. The lowest BCUT2D eigenvalue weighted by Gasteiger charge is -2.44. The van der Waals surface area contributed by atoms with Gasteiger partial charge >= 0.3 is 17.9 Å². The Labute approximate surface area is 143 Å². The van der Waals surface area contributed by atoms with Crippen LogP contribution in [0.4, 0.5) is 0 Å². The van der Waals surface area contributed by atoms with Crippen molar-refractivity contribution in [3.8, 4) is 0 Å².